The number of benzene rings is 2. The van der Waals surface area contributed by atoms with Crippen LogP contribution in [0, 0.1) is 0 Å². The molecule has 1 heterocycles. The maximum absolute atomic E-state index is 12.8. The highest BCUT2D eigenvalue weighted by atomic mass is 16.5. The van der Waals surface area contributed by atoms with Gasteiger partial charge in [0.1, 0.15) is 17.9 Å². The Bertz CT molecular complexity index is 918. The minimum atomic E-state index is -0.636. The third kappa shape index (κ3) is 4.34. The molecular weight excluding hydrogens is 356 g/mol. The number of carbonyl (C=O) groups excluding carboxylic acids is 2. The number of hydrogen-bond donors (Lipinski definition) is 2. The second-order valence-corrected chi connectivity index (χ2v) is 6.71. The van der Waals surface area contributed by atoms with Gasteiger partial charge in [-0.05, 0) is 36.6 Å². The first-order chi connectivity index (χ1) is 13.5. The summed E-state index contributed by atoms with van der Waals surface area (Å²) in [6.07, 6.45) is 0. The van der Waals surface area contributed by atoms with Crippen LogP contribution in [0.5, 0.6) is 5.75 Å². The van der Waals surface area contributed by atoms with Crippen LogP contribution in [-0.2, 0) is 14.3 Å². The van der Waals surface area contributed by atoms with Gasteiger partial charge in [-0.1, -0.05) is 38.1 Å². The Labute approximate surface area is 164 Å². The number of nitrogens with one attached hydrogen (secondary N) is 2. The lowest BCUT2D eigenvalue weighted by Crippen LogP contribution is -2.21. The molecule has 28 heavy (non-hydrogen) atoms. The van der Waals surface area contributed by atoms with Crippen LogP contribution in [0.25, 0.3) is 0 Å². The standard InChI is InChI=1S/C22H24N2O4/c1-4-27-16-9-7-8-15(12-16)23-19-13-28-22(26)20(19)21(25)24-18-11-6-5-10-17(18)14(2)3/h5-12,14,23H,4,13H2,1-3H3,(H,24,25). The number of cyclic esters (lactones) is 1. The smallest absolute Gasteiger partial charge is 0.346 e. The minimum absolute atomic E-state index is 0.0135. The number of anilines is 2. The average molecular weight is 380 g/mol. The molecule has 0 radical (unpaired) electrons. The predicted octanol–water partition coefficient (Wildman–Crippen LogP) is 4.07. The number of rotatable bonds is 7. The predicted molar refractivity (Wildman–Crippen MR) is 108 cm³/mol. The van der Waals surface area contributed by atoms with Crippen LogP contribution >= 0.6 is 0 Å². The summed E-state index contributed by atoms with van der Waals surface area (Å²) >= 11 is 0. The number of carbonyl (C=O) groups is 2. The van der Waals surface area contributed by atoms with Crippen molar-refractivity contribution in [3.63, 3.8) is 0 Å². The van der Waals surface area contributed by atoms with E-state index in [1.54, 1.807) is 0 Å². The largest absolute Gasteiger partial charge is 0.494 e. The van der Waals surface area contributed by atoms with Gasteiger partial charge in [0.15, 0.2) is 0 Å². The Morgan fingerprint density at radius 2 is 1.96 bits per heavy atom. The monoisotopic (exact) mass is 380 g/mol. The van der Waals surface area contributed by atoms with Gasteiger partial charge in [-0.2, -0.15) is 0 Å². The maximum Gasteiger partial charge on any atom is 0.346 e. The molecule has 0 aromatic heterocycles. The Balaban J connectivity index is 1.85. The Morgan fingerprint density at radius 3 is 2.71 bits per heavy atom. The van der Waals surface area contributed by atoms with Gasteiger partial charge in [-0.15, -0.1) is 0 Å². The van der Waals surface area contributed by atoms with Crippen LogP contribution in [0.2, 0.25) is 0 Å². The van der Waals surface area contributed by atoms with Crippen molar-refractivity contribution in [3.8, 4) is 5.75 Å². The van der Waals surface area contributed by atoms with Crippen molar-refractivity contribution in [2.24, 2.45) is 0 Å². The first kappa shape index (κ1) is 19.5. The molecule has 2 aromatic carbocycles. The van der Waals surface area contributed by atoms with E-state index in [1.165, 1.54) is 0 Å². The molecule has 146 valence electrons. The number of esters is 1. The van der Waals surface area contributed by atoms with Gasteiger partial charge >= 0.3 is 5.97 Å². The highest BCUT2D eigenvalue weighted by Crippen LogP contribution is 2.26. The van der Waals surface area contributed by atoms with Crippen molar-refractivity contribution in [2.75, 3.05) is 23.8 Å². The van der Waals surface area contributed by atoms with Crippen molar-refractivity contribution in [1.82, 2.24) is 0 Å². The van der Waals surface area contributed by atoms with Gasteiger partial charge in [0.2, 0.25) is 0 Å². The third-order valence-electron chi connectivity index (χ3n) is 4.35. The van der Waals surface area contributed by atoms with Gasteiger partial charge < -0.3 is 20.1 Å². The maximum atomic E-state index is 12.8. The first-order valence-electron chi connectivity index (χ1n) is 9.30. The molecule has 0 saturated carbocycles. The van der Waals surface area contributed by atoms with Crippen molar-refractivity contribution in [2.45, 2.75) is 26.7 Å². The second kappa shape index (κ2) is 8.61. The van der Waals surface area contributed by atoms with Gasteiger partial charge in [0.05, 0.1) is 12.3 Å². The fraction of sp³-hybridized carbons (Fsp3) is 0.273. The molecular formula is C22H24N2O4. The summed E-state index contributed by atoms with van der Waals surface area (Å²) in [5.41, 5.74) is 2.82. The van der Waals surface area contributed by atoms with E-state index in [-0.39, 0.29) is 18.1 Å². The Hall–Kier alpha value is -3.28. The molecule has 1 amide bonds. The van der Waals surface area contributed by atoms with Crippen LogP contribution in [0.1, 0.15) is 32.3 Å². The van der Waals surface area contributed by atoms with Gasteiger partial charge in [-0.25, -0.2) is 4.79 Å². The molecule has 2 aromatic rings. The van der Waals surface area contributed by atoms with E-state index in [0.717, 1.165) is 5.56 Å². The highest BCUT2D eigenvalue weighted by Gasteiger charge is 2.31. The molecule has 0 aliphatic carbocycles. The summed E-state index contributed by atoms with van der Waals surface area (Å²) in [6.45, 7) is 6.57. The van der Waals surface area contributed by atoms with E-state index in [4.69, 9.17) is 9.47 Å². The molecule has 0 spiro atoms. The normalized spacial score (nSPS) is 13.5. The summed E-state index contributed by atoms with van der Waals surface area (Å²) in [6, 6.07) is 14.9. The SMILES string of the molecule is CCOc1cccc(NC2=C(C(=O)Nc3ccccc3C(C)C)C(=O)OC2)c1. The summed E-state index contributed by atoms with van der Waals surface area (Å²) in [5.74, 6) is -0.183. The molecule has 0 fully saturated rings. The van der Waals surface area contributed by atoms with Gasteiger partial charge in [-0.3, -0.25) is 4.79 Å². The third-order valence-corrected chi connectivity index (χ3v) is 4.35. The quantitative estimate of drug-likeness (QED) is 0.559. The minimum Gasteiger partial charge on any atom is -0.494 e. The zero-order valence-electron chi connectivity index (χ0n) is 16.2. The first-order valence-corrected chi connectivity index (χ1v) is 9.30. The number of hydrogen-bond acceptors (Lipinski definition) is 5. The topological polar surface area (TPSA) is 76.7 Å². The van der Waals surface area contributed by atoms with Gasteiger partial charge in [0, 0.05) is 17.4 Å². The van der Waals surface area contributed by atoms with E-state index in [2.05, 4.69) is 10.6 Å². The fourth-order valence-electron chi connectivity index (χ4n) is 3.04. The number of para-hydroxylation sites is 1. The van der Waals surface area contributed by atoms with E-state index in [9.17, 15) is 9.59 Å². The van der Waals surface area contributed by atoms with Crippen molar-refractivity contribution in [3.05, 3.63) is 65.4 Å². The molecule has 0 unspecified atom stereocenters. The van der Waals surface area contributed by atoms with Crippen LogP contribution in [0.15, 0.2) is 59.8 Å². The summed E-state index contributed by atoms with van der Waals surface area (Å²) in [4.78, 5) is 25.0. The molecule has 1 aliphatic rings. The van der Waals surface area contributed by atoms with Crippen molar-refractivity contribution >= 4 is 23.3 Å². The Morgan fingerprint density at radius 1 is 1.18 bits per heavy atom. The zero-order valence-corrected chi connectivity index (χ0v) is 16.2. The van der Waals surface area contributed by atoms with E-state index in [0.29, 0.717) is 29.4 Å². The summed E-state index contributed by atoms with van der Waals surface area (Å²) in [5, 5.41) is 5.97. The molecule has 6 nitrogen and oxygen atoms in total. The molecule has 6 heteroatoms. The molecule has 2 N–H and O–H groups in total. The van der Waals surface area contributed by atoms with Crippen LogP contribution in [0.3, 0.4) is 0 Å². The molecule has 1 aliphatic heterocycles. The molecule has 0 atom stereocenters. The zero-order chi connectivity index (χ0) is 20.1. The van der Waals surface area contributed by atoms with Crippen molar-refractivity contribution in [1.29, 1.82) is 0 Å². The van der Waals surface area contributed by atoms with Crippen LogP contribution < -0.4 is 15.4 Å². The number of ether oxygens (including phenoxy) is 2. The van der Waals surface area contributed by atoms with E-state index < -0.39 is 11.9 Å². The number of amides is 1. The molecule has 3 rings (SSSR count). The second-order valence-electron chi connectivity index (χ2n) is 6.71. The lowest BCUT2D eigenvalue weighted by molar-refractivity contribution is -0.137. The van der Waals surface area contributed by atoms with Crippen LogP contribution in [-0.4, -0.2) is 25.1 Å². The fourth-order valence-corrected chi connectivity index (χ4v) is 3.04. The van der Waals surface area contributed by atoms with Crippen molar-refractivity contribution < 1.29 is 19.1 Å². The Kier molecular flexibility index (Phi) is 5.99. The lowest BCUT2D eigenvalue weighted by atomic mass is 10.0. The lowest BCUT2D eigenvalue weighted by Gasteiger charge is -2.14. The van der Waals surface area contributed by atoms with Crippen LogP contribution in [0.4, 0.5) is 11.4 Å². The van der Waals surface area contributed by atoms with Gasteiger partial charge in [0.25, 0.3) is 5.91 Å². The highest BCUT2D eigenvalue weighted by molar-refractivity contribution is 6.23. The van der Waals surface area contributed by atoms with E-state index in [1.807, 2.05) is 69.3 Å². The van der Waals surface area contributed by atoms with E-state index >= 15 is 0 Å². The average Bonchev–Trinajstić information content (AvgIpc) is 3.03. The summed E-state index contributed by atoms with van der Waals surface area (Å²) in [7, 11) is 0. The molecule has 0 bridgehead atoms. The molecule has 0 saturated heterocycles. The summed E-state index contributed by atoms with van der Waals surface area (Å²) < 4.78 is 10.6.